The number of rotatable bonds is 2. The topological polar surface area (TPSA) is 53.4 Å². The van der Waals surface area contributed by atoms with E-state index >= 15 is 0 Å². The Morgan fingerprint density at radius 3 is 3.06 bits per heavy atom. The van der Waals surface area contributed by atoms with Crippen LogP contribution in [0.4, 0.5) is 5.69 Å². The van der Waals surface area contributed by atoms with E-state index in [2.05, 4.69) is 16.8 Å². The summed E-state index contributed by atoms with van der Waals surface area (Å²) in [5.41, 5.74) is 1.10. The van der Waals surface area contributed by atoms with Crippen LogP contribution in [0.5, 0.6) is 0 Å². The zero-order valence-corrected chi connectivity index (χ0v) is 9.39. The molecule has 0 amide bonds. The Morgan fingerprint density at radius 2 is 2.38 bits per heavy atom. The Kier molecular flexibility index (Phi) is 3.08. The molecule has 4 heteroatoms. The van der Waals surface area contributed by atoms with Crippen LogP contribution < -0.4 is 4.90 Å². The first-order valence-electron chi connectivity index (χ1n) is 5.64. The zero-order chi connectivity index (χ0) is 11.5. The minimum Gasteiger partial charge on any atom is -0.478 e. The lowest BCUT2D eigenvalue weighted by molar-refractivity contribution is 0.0697. The molecule has 1 aliphatic heterocycles. The van der Waals surface area contributed by atoms with E-state index in [1.54, 1.807) is 12.3 Å². The lowest BCUT2D eigenvalue weighted by Gasteiger charge is -2.36. The van der Waals surface area contributed by atoms with Gasteiger partial charge >= 0.3 is 5.97 Å². The van der Waals surface area contributed by atoms with Crippen molar-refractivity contribution in [1.29, 1.82) is 0 Å². The molecule has 16 heavy (non-hydrogen) atoms. The van der Waals surface area contributed by atoms with Crippen LogP contribution in [0.15, 0.2) is 18.5 Å². The molecule has 2 rings (SSSR count). The molecular formula is C12H16N2O2. The van der Waals surface area contributed by atoms with Crippen molar-refractivity contribution < 1.29 is 9.90 Å². The third-order valence-corrected chi connectivity index (χ3v) is 3.14. The van der Waals surface area contributed by atoms with Gasteiger partial charge in [-0.15, -0.1) is 0 Å². The number of hydrogen-bond acceptors (Lipinski definition) is 3. The van der Waals surface area contributed by atoms with E-state index < -0.39 is 5.97 Å². The first kappa shape index (κ1) is 10.9. The van der Waals surface area contributed by atoms with Gasteiger partial charge in [0.15, 0.2) is 0 Å². The van der Waals surface area contributed by atoms with Gasteiger partial charge in [0.2, 0.25) is 0 Å². The number of aromatic nitrogens is 1. The fourth-order valence-electron chi connectivity index (χ4n) is 2.26. The number of carboxylic acids is 1. The van der Waals surface area contributed by atoms with Crippen molar-refractivity contribution in [2.75, 3.05) is 11.4 Å². The molecule has 1 aliphatic rings. The third kappa shape index (κ3) is 2.01. The molecular weight excluding hydrogens is 204 g/mol. The second-order valence-corrected chi connectivity index (χ2v) is 4.24. The molecule has 1 unspecified atom stereocenters. The molecule has 1 fully saturated rings. The van der Waals surface area contributed by atoms with Crippen molar-refractivity contribution in [1.82, 2.24) is 4.98 Å². The lowest BCUT2D eigenvalue weighted by Crippen LogP contribution is -2.38. The molecule has 0 aliphatic carbocycles. The average molecular weight is 220 g/mol. The highest BCUT2D eigenvalue weighted by Crippen LogP contribution is 2.27. The quantitative estimate of drug-likeness (QED) is 0.829. The second kappa shape index (κ2) is 4.51. The molecule has 1 N–H and O–H groups in total. The van der Waals surface area contributed by atoms with Gasteiger partial charge in [-0.25, -0.2) is 4.79 Å². The normalized spacial score (nSPS) is 20.8. The van der Waals surface area contributed by atoms with Gasteiger partial charge < -0.3 is 10.0 Å². The smallest absolute Gasteiger partial charge is 0.339 e. The first-order valence-corrected chi connectivity index (χ1v) is 5.64. The molecule has 1 aromatic rings. The summed E-state index contributed by atoms with van der Waals surface area (Å²) in [6.07, 6.45) is 6.57. The minimum absolute atomic E-state index is 0.302. The van der Waals surface area contributed by atoms with Gasteiger partial charge in [-0.3, -0.25) is 4.98 Å². The summed E-state index contributed by atoms with van der Waals surface area (Å²) < 4.78 is 0. The van der Waals surface area contributed by atoms with Crippen LogP contribution in [0, 0.1) is 0 Å². The van der Waals surface area contributed by atoms with Gasteiger partial charge in [0.25, 0.3) is 0 Å². The average Bonchev–Trinajstić information content (AvgIpc) is 2.29. The number of hydrogen-bond donors (Lipinski definition) is 1. The molecule has 0 bridgehead atoms. The van der Waals surface area contributed by atoms with Crippen molar-refractivity contribution in [3.05, 3.63) is 24.0 Å². The summed E-state index contributed by atoms with van der Waals surface area (Å²) in [5.74, 6) is -0.902. The minimum atomic E-state index is -0.902. The van der Waals surface area contributed by atoms with Crippen LogP contribution in [0.25, 0.3) is 0 Å². The van der Waals surface area contributed by atoms with E-state index in [4.69, 9.17) is 5.11 Å². The van der Waals surface area contributed by atoms with Crippen molar-refractivity contribution >= 4 is 11.7 Å². The van der Waals surface area contributed by atoms with Crippen LogP contribution in [0.1, 0.15) is 36.5 Å². The highest BCUT2D eigenvalue weighted by atomic mass is 16.4. The molecule has 0 radical (unpaired) electrons. The summed E-state index contributed by atoms with van der Waals surface area (Å²) in [6.45, 7) is 3.08. The summed E-state index contributed by atoms with van der Waals surface area (Å²) in [5, 5.41) is 9.12. The molecule has 1 aromatic heterocycles. The molecule has 1 saturated heterocycles. The fourth-order valence-corrected chi connectivity index (χ4v) is 2.26. The lowest BCUT2D eigenvalue weighted by atomic mass is 10.0. The summed E-state index contributed by atoms with van der Waals surface area (Å²) in [6, 6.07) is 2.21. The maximum atomic E-state index is 11.1. The van der Waals surface area contributed by atoms with E-state index in [1.807, 2.05) is 0 Å². The van der Waals surface area contributed by atoms with Gasteiger partial charge in [0.1, 0.15) is 5.56 Å². The number of pyridine rings is 1. The Morgan fingerprint density at radius 1 is 1.56 bits per heavy atom. The van der Waals surface area contributed by atoms with Gasteiger partial charge in [-0.1, -0.05) is 0 Å². The predicted octanol–water partition coefficient (Wildman–Crippen LogP) is 2.16. The van der Waals surface area contributed by atoms with E-state index in [9.17, 15) is 4.79 Å². The molecule has 0 aromatic carbocycles. The van der Waals surface area contributed by atoms with Gasteiger partial charge in [0, 0.05) is 25.0 Å². The van der Waals surface area contributed by atoms with E-state index in [0.717, 1.165) is 25.1 Å². The van der Waals surface area contributed by atoms with E-state index in [1.165, 1.54) is 12.6 Å². The highest BCUT2D eigenvalue weighted by Gasteiger charge is 2.22. The predicted molar refractivity (Wildman–Crippen MR) is 61.9 cm³/mol. The largest absolute Gasteiger partial charge is 0.478 e. The van der Waals surface area contributed by atoms with Crippen LogP contribution in [-0.4, -0.2) is 28.6 Å². The van der Waals surface area contributed by atoms with Crippen molar-refractivity contribution in [2.24, 2.45) is 0 Å². The van der Waals surface area contributed by atoms with Crippen LogP contribution in [0.3, 0.4) is 0 Å². The monoisotopic (exact) mass is 220 g/mol. The van der Waals surface area contributed by atoms with E-state index in [-0.39, 0.29) is 0 Å². The maximum absolute atomic E-state index is 11.1. The molecule has 1 atom stereocenters. The van der Waals surface area contributed by atoms with Crippen molar-refractivity contribution in [3.63, 3.8) is 0 Å². The Hall–Kier alpha value is -1.58. The van der Waals surface area contributed by atoms with Crippen molar-refractivity contribution in [3.8, 4) is 0 Å². The Balaban J connectivity index is 2.34. The summed E-state index contributed by atoms with van der Waals surface area (Å²) in [4.78, 5) is 17.2. The zero-order valence-electron chi connectivity index (χ0n) is 9.39. The molecule has 86 valence electrons. The molecule has 4 nitrogen and oxygen atoms in total. The van der Waals surface area contributed by atoms with Gasteiger partial charge in [-0.2, -0.15) is 0 Å². The highest BCUT2D eigenvalue weighted by molar-refractivity contribution is 5.94. The fraction of sp³-hybridized carbons (Fsp3) is 0.500. The molecule has 0 spiro atoms. The standard InChI is InChI=1S/C12H16N2O2/c1-9-4-2-3-7-14(9)11-5-6-13-8-10(11)12(15)16/h5-6,8-9H,2-4,7H2,1H3,(H,15,16). The maximum Gasteiger partial charge on any atom is 0.339 e. The number of piperidine rings is 1. The molecule has 0 saturated carbocycles. The summed E-state index contributed by atoms with van der Waals surface area (Å²) >= 11 is 0. The molecule has 2 heterocycles. The second-order valence-electron chi connectivity index (χ2n) is 4.24. The number of carbonyl (C=O) groups is 1. The SMILES string of the molecule is CC1CCCCN1c1ccncc1C(=O)O. The first-order chi connectivity index (χ1) is 7.70. The Bertz CT molecular complexity index is 392. The number of carboxylic acid groups (broad SMARTS) is 1. The number of nitrogens with zero attached hydrogens (tertiary/aromatic N) is 2. The van der Waals surface area contributed by atoms with Crippen molar-refractivity contribution in [2.45, 2.75) is 32.2 Å². The third-order valence-electron chi connectivity index (χ3n) is 3.14. The summed E-state index contributed by atoms with van der Waals surface area (Å²) in [7, 11) is 0. The Labute approximate surface area is 94.9 Å². The van der Waals surface area contributed by atoms with Gasteiger partial charge in [-0.05, 0) is 32.3 Å². The van der Waals surface area contributed by atoms with Gasteiger partial charge in [0.05, 0.1) is 5.69 Å². The van der Waals surface area contributed by atoms with E-state index in [0.29, 0.717) is 11.6 Å². The number of aromatic carboxylic acids is 1. The number of anilines is 1. The van der Waals surface area contributed by atoms with Crippen LogP contribution >= 0.6 is 0 Å². The van der Waals surface area contributed by atoms with Crippen LogP contribution in [0.2, 0.25) is 0 Å². The van der Waals surface area contributed by atoms with Crippen LogP contribution in [-0.2, 0) is 0 Å².